The highest BCUT2D eigenvalue weighted by molar-refractivity contribution is 9.09. The van der Waals surface area contributed by atoms with E-state index in [-0.39, 0.29) is 0 Å². The van der Waals surface area contributed by atoms with Gasteiger partial charge in [0, 0.05) is 5.33 Å². The molecular weight excluding hydrogens is 308 g/mol. The molecule has 110 valence electrons. The molecule has 3 nitrogen and oxygen atoms in total. The van der Waals surface area contributed by atoms with E-state index in [0.717, 1.165) is 11.8 Å². The Morgan fingerprint density at radius 2 is 1.95 bits per heavy atom. The normalized spacial score (nSPS) is 8.89. The molecule has 19 heavy (non-hydrogen) atoms. The van der Waals surface area contributed by atoms with Crippen molar-refractivity contribution in [2.24, 2.45) is 0 Å². The molecule has 0 saturated heterocycles. The molecule has 0 aromatic rings. The zero-order valence-corrected chi connectivity index (χ0v) is 13.9. The lowest BCUT2D eigenvalue weighted by Gasteiger charge is -1.87. The lowest BCUT2D eigenvalue weighted by atomic mass is 10.3. The lowest BCUT2D eigenvalue weighted by molar-refractivity contribution is -0.134. The number of hydrogen-bond donors (Lipinski definition) is 0. The van der Waals surface area contributed by atoms with Crippen molar-refractivity contribution in [3.05, 3.63) is 49.3 Å². The zero-order chi connectivity index (χ0) is 15.5. The van der Waals surface area contributed by atoms with E-state index in [4.69, 9.17) is 0 Å². The molecule has 0 amide bonds. The van der Waals surface area contributed by atoms with Gasteiger partial charge in [-0.05, 0) is 20.3 Å². The van der Waals surface area contributed by atoms with E-state index < -0.39 is 5.97 Å². The third-order valence-electron chi connectivity index (χ3n) is 1.39. The van der Waals surface area contributed by atoms with E-state index in [1.54, 1.807) is 6.08 Å². The molecule has 0 aliphatic carbocycles. The number of methoxy groups -OCH3 is 2. The summed E-state index contributed by atoms with van der Waals surface area (Å²) in [5, 5.41) is 1.04. The average molecular weight is 333 g/mol. The SMILES string of the molecule is C=C(C)CCBr.C=C/C=C\C.CO/C=C/C(=O)OC. The second-order valence-corrected chi connectivity index (χ2v) is 4.01. The Hall–Kier alpha value is -1.29. The van der Waals surface area contributed by atoms with Crippen molar-refractivity contribution in [3.63, 3.8) is 0 Å². The number of rotatable bonds is 5. The largest absolute Gasteiger partial charge is 0.504 e. The van der Waals surface area contributed by atoms with Crippen LogP contribution in [0.1, 0.15) is 20.3 Å². The summed E-state index contributed by atoms with van der Waals surface area (Å²) >= 11 is 3.29. The number of allylic oxidation sites excluding steroid dienone is 4. The van der Waals surface area contributed by atoms with Crippen LogP contribution < -0.4 is 0 Å². The Morgan fingerprint density at radius 1 is 1.37 bits per heavy atom. The standard InChI is InChI=1S/C5H9Br.C5H8O3.C5H8/c1-5(2)3-4-6;1-7-4-3-5(6)8-2;1-3-5-4-2/h1,3-4H2,2H3;3-4H,1-2H3;3-5H,1H2,2H3/b;4-3+;5-4-. The quantitative estimate of drug-likeness (QED) is 0.187. The number of carbonyl (C=O) groups is 1. The summed E-state index contributed by atoms with van der Waals surface area (Å²) in [4.78, 5) is 10.2. The number of carbonyl (C=O) groups excluding carboxylic acids is 1. The van der Waals surface area contributed by atoms with Gasteiger partial charge in [-0.2, -0.15) is 0 Å². The van der Waals surface area contributed by atoms with Crippen LogP contribution in [0, 0.1) is 0 Å². The van der Waals surface area contributed by atoms with Crippen LogP contribution >= 0.6 is 15.9 Å². The van der Waals surface area contributed by atoms with Gasteiger partial charge in [0.05, 0.1) is 26.6 Å². The molecule has 0 saturated carbocycles. The fourth-order valence-electron chi connectivity index (χ4n) is 0.489. The summed E-state index contributed by atoms with van der Waals surface area (Å²) in [5.74, 6) is -0.410. The number of hydrogen-bond acceptors (Lipinski definition) is 3. The summed E-state index contributed by atoms with van der Waals surface area (Å²) in [6.45, 7) is 11.2. The van der Waals surface area contributed by atoms with Crippen LogP contribution in [0.2, 0.25) is 0 Å². The first kappa shape index (κ1) is 22.9. The fourth-order valence-corrected chi connectivity index (χ4v) is 1.17. The minimum absolute atomic E-state index is 0.410. The highest BCUT2D eigenvalue weighted by Crippen LogP contribution is 1.96. The maximum absolute atomic E-state index is 10.2. The Kier molecular flexibility index (Phi) is 26.4. The first-order valence-corrected chi connectivity index (χ1v) is 6.83. The molecule has 0 aromatic carbocycles. The second-order valence-electron chi connectivity index (χ2n) is 3.22. The molecule has 0 N–H and O–H groups in total. The van der Waals surface area contributed by atoms with Crippen molar-refractivity contribution in [1.82, 2.24) is 0 Å². The minimum atomic E-state index is -0.410. The predicted molar refractivity (Wildman–Crippen MR) is 86.4 cm³/mol. The van der Waals surface area contributed by atoms with E-state index >= 15 is 0 Å². The van der Waals surface area contributed by atoms with E-state index in [1.165, 1.54) is 32.1 Å². The Morgan fingerprint density at radius 3 is 2.11 bits per heavy atom. The summed E-state index contributed by atoms with van der Waals surface area (Å²) < 4.78 is 8.68. The van der Waals surface area contributed by atoms with Gasteiger partial charge in [0.1, 0.15) is 0 Å². The van der Waals surface area contributed by atoms with Gasteiger partial charge in [-0.3, -0.25) is 0 Å². The summed E-state index contributed by atoms with van der Waals surface area (Å²) in [7, 11) is 2.77. The van der Waals surface area contributed by atoms with Gasteiger partial charge in [0.15, 0.2) is 0 Å². The Balaban J connectivity index is -0.000000209. The minimum Gasteiger partial charge on any atom is -0.504 e. The molecule has 0 fully saturated rings. The van der Waals surface area contributed by atoms with Gasteiger partial charge in [-0.1, -0.05) is 46.3 Å². The smallest absolute Gasteiger partial charge is 0.333 e. The van der Waals surface area contributed by atoms with Gasteiger partial charge in [0.25, 0.3) is 0 Å². The van der Waals surface area contributed by atoms with Crippen LogP contribution in [0.25, 0.3) is 0 Å². The van der Waals surface area contributed by atoms with E-state index in [2.05, 4.69) is 38.6 Å². The van der Waals surface area contributed by atoms with Crippen LogP contribution in [-0.4, -0.2) is 25.5 Å². The molecule has 0 aliphatic rings. The van der Waals surface area contributed by atoms with Gasteiger partial charge in [-0.15, -0.1) is 6.58 Å². The van der Waals surface area contributed by atoms with Crippen LogP contribution in [-0.2, 0) is 14.3 Å². The van der Waals surface area contributed by atoms with Crippen molar-refractivity contribution in [1.29, 1.82) is 0 Å². The molecule has 4 heteroatoms. The predicted octanol–water partition coefficient (Wildman–Crippen LogP) is 4.42. The average Bonchev–Trinajstić information content (AvgIpc) is 2.38. The summed E-state index contributed by atoms with van der Waals surface area (Å²) in [6.07, 6.45) is 9.12. The maximum atomic E-state index is 10.2. The van der Waals surface area contributed by atoms with Crippen molar-refractivity contribution >= 4 is 21.9 Å². The van der Waals surface area contributed by atoms with Crippen LogP contribution in [0.3, 0.4) is 0 Å². The molecule has 0 unspecified atom stereocenters. The number of ether oxygens (including phenoxy) is 2. The third kappa shape index (κ3) is 38.3. The molecule has 0 aliphatic heterocycles. The van der Waals surface area contributed by atoms with Crippen molar-refractivity contribution in [2.45, 2.75) is 20.3 Å². The van der Waals surface area contributed by atoms with Gasteiger partial charge < -0.3 is 9.47 Å². The molecule has 0 radical (unpaired) electrons. The first-order valence-electron chi connectivity index (χ1n) is 5.71. The van der Waals surface area contributed by atoms with E-state index in [1.807, 2.05) is 26.0 Å². The van der Waals surface area contributed by atoms with Crippen molar-refractivity contribution in [3.8, 4) is 0 Å². The van der Waals surface area contributed by atoms with E-state index in [9.17, 15) is 4.79 Å². The van der Waals surface area contributed by atoms with Crippen LogP contribution in [0.15, 0.2) is 49.3 Å². The van der Waals surface area contributed by atoms with Gasteiger partial charge in [0.2, 0.25) is 0 Å². The number of esters is 1. The van der Waals surface area contributed by atoms with Gasteiger partial charge >= 0.3 is 5.97 Å². The number of halogens is 1. The highest BCUT2D eigenvalue weighted by Gasteiger charge is 1.86. The monoisotopic (exact) mass is 332 g/mol. The molecule has 0 atom stereocenters. The molecule has 0 rings (SSSR count). The zero-order valence-electron chi connectivity index (χ0n) is 12.3. The van der Waals surface area contributed by atoms with Crippen molar-refractivity contribution < 1.29 is 14.3 Å². The van der Waals surface area contributed by atoms with Crippen LogP contribution in [0.5, 0.6) is 0 Å². The third-order valence-corrected chi connectivity index (χ3v) is 1.79. The topological polar surface area (TPSA) is 35.5 Å². The Bertz CT molecular complexity index is 281. The maximum Gasteiger partial charge on any atom is 0.333 e. The fraction of sp³-hybridized carbons (Fsp3) is 0.400. The Labute approximate surface area is 125 Å². The second kappa shape index (κ2) is 21.9. The number of alkyl halides is 1. The van der Waals surface area contributed by atoms with Gasteiger partial charge in [-0.25, -0.2) is 4.79 Å². The summed E-state index contributed by atoms with van der Waals surface area (Å²) in [5.41, 5.74) is 1.24. The molecule has 0 heterocycles. The highest BCUT2D eigenvalue weighted by atomic mass is 79.9. The first-order chi connectivity index (χ1) is 8.99. The molecule has 0 bridgehead atoms. The molecule has 0 aromatic heterocycles. The van der Waals surface area contributed by atoms with E-state index in [0.29, 0.717) is 0 Å². The molecular formula is C15H25BrO3. The lowest BCUT2D eigenvalue weighted by Crippen LogP contribution is -1.93. The molecule has 0 spiro atoms. The van der Waals surface area contributed by atoms with Crippen LogP contribution in [0.4, 0.5) is 0 Å². The van der Waals surface area contributed by atoms with Crippen molar-refractivity contribution in [2.75, 3.05) is 19.5 Å². The summed E-state index contributed by atoms with van der Waals surface area (Å²) in [6, 6.07) is 0.